The Morgan fingerprint density at radius 2 is 1.89 bits per heavy atom. The van der Waals surface area contributed by atoms with Crippen LogP contribution >= 0.6 is 0 Å². The highest BCUT2D eigenvalue weighted by Crippen LogP contribution is 2.22. The summed E-state index contributed by atoms with van der Waals surface area (Å²) in [6.45, 7) is 3.75. The van der Waals surface area contributed by atoms with Crippen molar-refractivity contribution in [1.29, 1.82) is 0 Å². The van der Waals surface area contributed by atoms with Gasteiger partial charge >= 0.3 is 0 Å². The molecule has 1 aliphatic rings. The SMILES string of the molecule is CCCNC(=O)c1cccnc1-c1ccc(C(=O)N2CCN(C)C(=O)C2)cc1. The van der Waals surface area contributed by atoms with Gasteiger partial charge in [0.25, 0.3) is 11.8 Å². The number of nitrogens with one attached hydrogen (secondary N) is 1. The van der Waals surface area contributed by atoms with E-state index in [0.29, 0.717) is 36.5 Å². The number of pyridine rings is 1. The van der Waals surface area contributed by atoms with E-state index < -0.39 is 0 Å². The summed E-state index contributed by atoms with van der Waals surface area (Å²) in [6, 6.07) is 10.5. The second-order valence-corrected chi connectivity index (χ2v) is 6.77. The van der Waals surface area contributed by atoms with Crippen molar-refractivity contribution in [1.82, 2.24) is 20.1 Å². The van der Waals surface area contributed by atoms with Crippen molar-refractivity contribution in [3.63, 3.8) is 0 Å². The number of carbonyl (C=O) groups is 3. The van der Waals surface area contributed by atoms with Crippen LogP contribution in [0.2, 0.25) is 0 Å². The topological polar surface area (TPSA) is 82.6 Å². The quantitative estimate of drug-likeness (QED) is 0.858. The van der Waals surface area contributed by atoms with E-state index in [2.05, 4.69) is 10.3 Å². The molecule has 0 saturated carbocycles. The van der Waals surface area contributed by atoms with Crippen LogP contribution in [0.15, 0.2) is 42.6 Å². The maximum absolute atomic E-state index is 12.7. The predicted octanol–water partition coefficient (Wildman–Crippen LogP) is 1.80. The molecule has 0 bridgehead atoms. The first-order valence-electron chi connectivity index (χ1n) is 9.38. The van der Waals surface area contributed by atoms with E-state index >= 15 is 0 Å². The van der Waals surface area contributed by atoms with Crippen LogP contribution in [0, 0.1) is 0 Å². The van der Waals surface area contributed by atoms with E-state index in [1.807, 2.05) is 6.92 Å². The zero-order chi connectivity index (χ0) is 20.1. The molecule has 0 spiro atoms. The second kappa shape index (κ2) is 8.65. The number of hydrogen-bond acceptors (Lipinski definition) is 4. The molecule has 1 aliphatic heterocycles. The molecule has 28 heavy (non-hydrogen) atoms. The standard InChI is InChI=1S/C21H24N4O3/c1-3-10-23-20(27)17-5-4-11-22-19(17)15-6-8-16(9-7-15)21(28)25-13-12-24(2)18(26)14-25/h4-9,11H,3,10,12-14H2,1-2H3,(H,23,27). The van der Waals surface area contributed by atoms with Crippen LogP contribution in [-0.4, -0.2) is 65.7 Å². The van der Waals surface area contributed by atoms with Crippen molar-refractivity contribution in [2.45, 2.75) is 13.3 Å². The molecule has 0 aliphatic carbocycles. The lowest BCUT2D eigenvalue weighted by atomic mass is 10.0. The highest BCUT2D eigenvalue weighted by molar-refractivity contribution is 6.00. The molecule has 7 nitrogen and oxygen atoms in total. The first-order chi connectivity index (χ1) is 13.5. The van der Waals surface area contributed by atoms with E-state index in [4.69, 9.17) is 0 Å². The minimum atomic E-state index is -0.171. The predicted molar refractivity (Wildman–Crippen MR) is 106 cm³/mol. The van der Waals surface area contributed by atoms with Crippen molar-refractivity contribution < 1.29 is 14.4 Å². The Hall–Kier alpha value is -3.22. The summed E-state index contributed by atoms with van der Waals surface area (Å²) >= 11 is 0. The van der Waals surface area contributed by atoms with E-state index in [0.717, 1.165) is 12.0 Å². The van der Waals surface area contributed by atoms with Gasteiger partial charge in [0.2, 0.25) is 5.91 Å². The number of likely N-dealkylation sites (N-methyl/N-ethyl adjacent to an activating group) is 1. The summed E-state index contributed by atoms with van der Waals surface area (Å²) in [6.07, 6.45) is 2.49. The highest BCUT2D eigenvalue weighted by atomic mass is 16.2. The van der Waals surface area contributed by atoms with Gasteiger partial charge in [-0.05, 0) is 30.7 Å². The van der Waals surface area contributed by atoms with Crippen LogP contribution in [-0.2, 0) is 4.79 Å². The monoisotopic (exact) mass is 380 g/mol. The lowest BCUT2D eigenvalue weighted by molar-refractivity contribution is -0.133. The molecule has 0 unspecified atom stereocenters. The van der Waals surface area contributed by atoms with Gasteiger partial charge < -0.3 is 15.1 Å². The second-order valence-electron chi connectivity index (χ2n) is 6.77. The van der Waals surface area contributed by atoms with Crippen molar-refractivity contribution >= 4 is 17.7 Å². The molecule has 3 rings (SSSR count). The largest absolute Gasteiger partial charge is 0.352 e. The zero-order valence-corrected chi connectivity index (χ0v) is 16.1. The first kappa shape index (κ1) is 19.5. The molecule has 0 radical (unpaired) electrons. The van der Waals surface area contributed by atoms with Gasteiger partial charge in [-0.1, -0.05) is 19.1 Å². The molecule has 1 N–H and O–H groups in total. The van der Waals surface area contributed by atoms with Gasteiger partial charge in [0.05, 0.1) is 11.3 Å². The summed E-state index contributed by atoms with van der Waals surface area (Å²) in [7, 11) is 1.74. The number of amides is 3. The normalized spacial score (nSPS) is 14.1. The van der Waals surface area contributed by atoms with Gasteiger partial charge in [-0.15, -0.1) is 0 Å². The number of hydrogen-bond donors (Lipinski definition) is 1. The number of rotatable bonds is 5. The molecule has 1 aromatic heterocycles. The van der Waals surface area contributed by atoms with E-state index in [9.17, 15) is 14.4 Å². The third-order valence-corrected chi connectivity index (χ3v) is 4.74. The van der Waals surface area contributed by atoms with Crippen molar-refractivity contribution in [2.75, 3.05) is 33.2 Å². The molecule has 7 heteroatoms. The van der Waals surface area contributed by atoms with Crippen LogP contribution in [0.25, 0.3) is 11.3 Å². The van der Waals surface area contributed by atoms with Gasteiger partial charge in [-0.25, -0.2) is 0 Å². The molecule has 1 saturated heterocycles. The maximum atomic E-state index is 12.7. The summed E-state index contributed by atoms with van der Waals surface area (Å²) in [4.78, 5) is 44.4. The van der Waals surface area contributed by atoms with Crippen LogP contribution in [0.1, 0.15) is 34.1 Å². The average molecular weight is 380 g/mol. The number of carbonyl (C=O) groups excluding carboxylic acids is 3. The molecule has 3 amide bonds. The van der Waals surface area contributed by atoms with Gasteiger partial charge in [0.15, 0.2) is 0 Å². The van der Waals surface area contributed by atoms with Gasteiger partial charge in [-0.2, -0.15) is 0 Å². The van der Waals surface area contributed by atoms with Gasteiger partial charge in [-0.3, -0.25) is 19.4 Å². The number of aromatic nitrogens is 1. The maximum Gasteiger partial charge on any atom is 0.254 e. The third-order valence-electron chi connectivity index (χ3n) is 4.74. The lowest BCUT2D eigenvalue weighted by Crippen LogP contribution is -2.50. The Labute approximate surface area is 164 Å². The molecule has 2 aromatic rings. The average Bonchev–Trinajstić information content (AvgIpc) is 2.73. The fraction of sp³-hybridized carbons (Fsp3) is 0.333. The number of nitrogens with zero attached hydrogens (tertiary/aromatic N) is 3. The highest BCUT2D eigenvalue weighted by Gasteiger charge is 2.25. The molecule has 2 heterocycles. The number of piperazine rings is 1. The molecule has 146 valence electrons. The Balaban J connectivity index is 1.79. The molecule has 1 fully saturated rings. The van der Waals surface area contributed by atoms with Crippen molar-refractivity contribution in [2.24, 2.45) is 0 Å². The number of benzene rings is 1. The third kappa shape index (κ3) is 4.19. The Morgan fingerprint density at radius 3 is 2.57 bits per heavy atom. The fourth-order valence-electron chi connectivity index (χ4n) is 3.04. The minimum absolute atomic E-state index is 0.0626. The Morgan fingerprint density at radius 1 is 1.14 bits per heavy atom. The van der Waals surface area contributed by atoms with E-state index in [-0.39, 0.29) is 24.3 Å². The smallest absolute Gasteiger partial charge is 0.254 e. The van der Waals surface area contributed by atoms with Crippen LogP contribution in [0.5, 0.6) is 0 Å². The van der Waals surface area contributed by atoms with Gasteiger partial charge in [0, 0.05) is 44.0 Å². The summed E-state index contributed by atoms with van der Waals surface area (Å²) in [5.74, 6) is -0.400. The Kier molecular flexibility index (Phi) is 6.03. The molecular weight excluding hydrogens is 356 g/mol. The zero-order valence-electron chi connectivity index (χ0n) is 16.1. The first-order valence-corrected chi connectivity index (χ1v) is 9.38. The van der Waals surface area contributed by atoms with Crippen LogP contribution in [0.4, 0.5) is 0 Å². The van der Waals surface area contributed by atoms with Crippen LogP contribution in [0.3, 0.4) is 0 Å². The molecular formula is C21H24N4O3. The van der Waals surface area contributed by atoms with Crippen molar-refractivity contribution in [3.8, 4) is 11.3 Å². The Bertz CT molecular complexity index is 879. The van der Waals surface area contributed by atoms with Gasteiger partial charge in [0.1, 0.15) is 6.54 Å². The lowest BCUT2D eigenvalue weighted by Gasteiger charge is -2.32. The van der Waals surface area contributed by atoms with E-state index in [1.54, 1.807) is 59.4 Å². The van der Waals surface area contributed by atoms with Crippen molar-refractivity contribution in [3.05, 3.63) is 53.7 Å². The fourth-order valence-corrected chi connectivity index (χ4v) is 3.04. The van der Waals surface area contributed by atoms with Crippen LogP contribution < -0.4 is 5.32 Å². The minimum Gasteiger partial charge on any atom is -0.352 e. The van der Waals surface area contributed by atoms with E-state index in [1.165, 1.54) is 0 Å². The summed E-state index contributed by atoms with van der Waals surface area (Å²) in [5, 5.41) is 2.86. The molecule has 1 aromatic carbocycles. The molecule has 0 atom stereocenters. The summed E-state index contributed by atoms with van der Waals surface area (Å²) in [5.41, 5.74) is 2.34. The summed E-state index contributed by atoms with van der Waals surface area (Å²) < 4.78 is 0.